The van der Waals surface area contributed by atoms with E-state index in [0.717, 1.165) is 46.8 Å². The molecule has 51 heavy (non-hydrogen) atoms. The van der Waals surface area contributed by atoms with Gasteiger partial charge in [0.05, 0.1) is 32.8 Å². The summed E-state index contributed by atoms with van der Waals surface area (Å²) in [7, 11) is 0. The maximum Gasteiger partial charge on any atom is 0.160 e. The molecule has 2 aromatic heterocycles. The number of thiophene rings is 1. The molecule has 7 aromatic carbocycles. The molecule has 0 spiro atoms. The highest BCUT2D eigenvalue weighted by Gasteiger charge is 2.23. The molecule has 0 saturated heterocycles. The number of aliphatic imine (C=N–C) groups is 2. The first-order valence-corrected chi connectivity index (χ1v) is 18.4. The minimum atomic E-state index is 0.750. The second-order valence-electron chi connectivity index (χ2n) is 13.3. The highest BCUT2D eigenvalue weighted by Crippen LogP contribution is 2.44. The van der Waals surface area contributed by atoms with Gasteiger partial charge in [-0.2, -0.15) is 0 Å². The number of benzene rings is 7. The van der Waals surface area contributed by atoms with Crippen LogP contribution in [0, 0.1) is 0 Å². The minimum absolute atomic E-state index is 0.750. The molecule has 0 N–H and O–H groups in total. The fraction of sp³-hybridized carbons (Fsp3) is 0.0638. The number of nitrogens with zero attached hydrogens (tertiary/aromatic N) is 3. The van der Waals surface area contributed by atoms with Crippen LogP contribution >= 0.6 is 11.3 Å². The Balaban J connectivity index is 1.30. The molecule has 3 nitrogen and oxygen atoms in total. The standard InChI is InChI=1S/C47H33N3S/c1-30-24-27-38(32-15-4-2-5-16-32)48-47(49-45(30)33-17-6-3-7-18-33)37-26-29-41(46-44(37)36-21-11-13-23-42(36)51-46)50-39-22-12-10-20-35(39)43-34-19-9-8-14-31(34)25-28-40(43)50/h2-23,25-26,28-29H,24,27H2,1H3/b45-30+,48-38+,49-47-. The number of para-hydroxylation sites is 1. The maximum atomic E-state index is 5.50. The Bertz CT molecular complexity index is 2910. The maximum absolute atomic E-state index is 5.50. The molecule has 0 bridgehead atoms. The van der Waals surface area contributed by atoms with E-state index in [0.29, 0.717) is 0 Å². The molecule has 9 aromatic rings. The number of allylic oxidation sites excluding steroid dienone is 1. The van der Waals surface area contributed by atoms with E-state index in [1.165, 1.54) is 64.0 Å². The zero-order valence-corrected chi connectivity index (χ0v) is 29.0. The van der Waals surface area contributed by atoms with Crippen molar-refractivity contribution in [3.63, 3.8) is 0 Å². The molecule has 0 fully saturated rings. The lowest BCUT2D eigenvalue weighted by molar-refractivity contribution is 1.00. The van der Waals surface area contributed by atoms with Crippen LogP contribution in [0.1, 0.15) is 36.5 Å². The van der Waals surface area contributed by atoms with Gasteiger partial charge in [-0.3, -0.25) is 0 Å². The molecule has 10 rings (SSSR count). The first-order valence-electron chi connectivity index (χ1n) is 17.6. The van der Waals surface area contributed by atoms with Crippen molar-refractivity contribution >= 4 is 81.3 Å². The quantitative estimate of drug-likeness (QED) is 0.178. The number of rotatable bonds is 4. The zero-order chi connectivity index (χ0) is 33.9. The largest absolute Gasteiger partial charge is 0.308 e. The van der Waals surface area contributed by atoms with E-state index in [1.807, 2.05) is 11.3 Å². The average Bonchev–Trinajstić information content (AvgIpc) is 3.74. The molecular weight excluding hydrogens is 639 g/mol. The van der Waals surface area contributed by atoms with Crippen molar-refractivity contribution in [3.05, 3.63) is 180 Å². The summed E-state index contributed by atoms with van der Waals surface area (Å²) in [4.78, 5) is 11.0. The van der Waals surface area contributed by atoms with Crippen molar-refractivity contribution in [2.75, 3.05) is 0 Å². The van der Waals surface area contributed by atoms with Crippen LogP contribution in [0.4, 0.5) is 0 Å². The molecule has 1 aliphatic heterocycles. The Morgan fingerprint density at radius 3 is 2.04 bits per heavy atom. The van der Waals surface area contributed by atoms with Crippen LogP contribution in [0.25, 0.3) is 64.1 Å². The molecule has 4 heteroatoms. The third-order valence-corrected chi connectivity index (χ3v) is 11.5. The van der Waals surface area contributed by atoms with Crippen molar-refractivity contribution in [2.45, 2.75) is 19.8 Å². The Hall–Kier alpha value is -6.10. The lowest BCUT2D eigenvalue weighted by atomic mass is 9.97. The monoisotopic (exact) mass is 671 g/mol. The van der Waals surface area contributed by atoms with E-state index in [-0.39, 0.29) is 0 Å². The molecule has 0 atom stereocenters. The van der Waals surface area contributed by atoms with Gasteiger partial charge in [0.1, 0.15) is 0 Å². The summed E-state index contributed by atoms with van der Waals surface area (Å²) in [6.45, 7) is 2.22. The van der Waals surface area contributed by atoms with E-state index in [1.54, 1.807) is 0 Å². The second kappa shape index (κ2) is 12.0. The molecular formula is C47H33N3S. The SMILES string of the molecule is C\C1=C(c2ccccc2)/N=C(c2ccc(-n3c4ccccc4c4c5ccccc5ccc43)c3sc4ccccc4c23)\N=C(\c2ccccc2)CC1. The molecule has 242 valence electrons. The molecule has 0 unspecified atom stereocenters. The third kappa shape index (κ3) is 4.86. The van der Waals surface area contributed by atoms with Crippen molar-refractivity contribution in [2.24, 2.45) is 9.98 Å². The summed E-state index contributed by atoms with van der Waals surface area (Å²) in [6.07, 6.45) is 1.74. The fourth-order valence-corrected chi connectivity index (χ4v) is 9.11. The van der Waals surface area contributed by atoms with E-state index in [2.05, 4.69) is 169 Å². The molecule has 0 saturated carbocycles. The number of hydrogen-bond acceptors (Lipinski definition) is 3. The first-order chi connectivity index (χ1) is 25.2. The Kier molecular flexibility index (Phi) is 7.03. The number of amidine groups is 1. The van der Waals surface area contributed by atoms with Gasteiger partial charge in [0.25, 0.3) is 0 Å². The molecule has 0 amide bonds. The van der Waals surface area contributed by atoms with Gasteiger partial charge in [0.15, 0.2) is 5.84 Å². The molecule has 0 radical (unpaired) electrons. The Morgan fingerprint density at radius 1 is 0.529 bits per heavy atom. The van der Waals surface area contributed by atoms with Gasteiger partial charge in [-0.25, -0.2) is 9.98 Å². The number of fused-ring (bicyclic) bond motifs is 8. The van der Waals surface area contributed by atoms with Gasteiger partial charge in [0.2, 0.25) is 0 Å². The summed E-state index contributed by atoms with van der Waals surface area (Å²) >= 11 is 1.85. The van der Waals surface area contributed by atoms with Crippen LogP contribution in [0.5, 0.6) is 0 Å². The predicted molar refractivity (Wildman–Crippen MR) is 219 cm³/mol. The first kappa shape index (κ1) is 29.8. The summed E-state index contributed by atoms with van der Waals surface area (Å²) in [6, 6.07) is 56.6. The number of hydrogen-bond donors (Lipinski definition) is 0. The Labute approximate surface area is 300 Å². The van der Waals surface area contributed by atoms with Gasteiger partial charge < -0.3 is 4.57 Å². The molecule has 3 heterocycles. The van der Waals surface area contributed by atoms with Crippen molar-refractivity contribution < 1.29 is 0 Å². The predicted octanol–water partition coefficient (Wildman–Crippen LogP) is 12.8. The van der Waals surface area contributed by atoms with Crippen molar-refractivity contribution in [1.82, 2.24) is 4.57 Å². The van der Waals surface area contributed by atoms with E-state index >= 15 is 0 Å². The van der Waals surface area contributed by atoms with Crippen LogP contribution in [-0.4, -0.2) is 16.1 Å². The van der Waals surface area contributed by atoms with Gasteiger partial charge in [-0.15, -0.1) is 11.3 Å². The van der Waals surface area contributed by atoms with Crippen LogP contribution in [0.2, 0.25) is 0 Å². The van der Waals surface area contributed by atoms with E-state index in [4.69, 9.17) is 9.98 Å². The normalized spacial score (nSPS) is 17.4. The summed E-state index contributed by atoms with van der Waals surface area (Å²) in [5, 5.41) is 7.50. The highest BCUT2D eigenvalue weighted by atomic mass is 32.1. The van der Waals surface area contributed by atoms with Gasteiger partial charge in [0, 0.05) is 37.4 Å². The van der Waals surface area contributed by atoms with Crippen molar-refractivity contribution in [3.8, 4) is 5.69 Å². The number of aromatic nitrogens is 1. The smallest absolute Gasteiger partial charge is 0.160 e. The average molecular weight is 672 g/mol. The fourth-order valence-electron chi connectivity index (χ4n) is 7.88. The summed E-state index contributed by atoms with van der Waals surface area (Å²) in [5.41, 5.74) is 10.2. The molecule has 1 aliphatic rings. The lowest BCUT2D eigenvalue weighted by Gasteiger charge is -2.18. The van der Waals surface area contributed by atoms with Gasteiger partial charge in [-0.1, -0.05) is 127 Å². The minimum Gasteiger partial charge on any atom is -0.308 e. The third-order valence-electron chi connectivity index (χ3n) is 10.3. The summed E-state index contributed by atoms with van der Waals surface area (Å²) < 4.78 is 4.95. The van der Waals surface area contributed by atoms with Gasteiger partial charge >= 0.3 is 0 Å². The van der Waals surface area contributed by atoms with E-state index in [9.17, 15) is 0 Å². The zero-order valence-electron chi connectivity index (χ0n) is 28.2. The van der Waals surface area contributed by atoms with Crippen LogP contribution in [-0.2, 0) is 0 Å². The Morgan fingerprint density at radius 2 is 1.22 bits per heavy atom. The molecule has 0 aliphatic carbocycles. The van der Waals surface area contributed by atoms with E-state index < -0.39 is 0 Å². The lowest BCUT2D eigenvalue weighted by Crippen LogP contribution is -2.11. The van der Waals surface area contributed by atoms with Gasteiger partial charge in [-0.05, 0) is 72.0 Å². The highest BCUT2D eigenvalue weighted by molar-refractivity contribution is 7.26. The van der Waals surface area contributed by atoms with Crippen LogP contribution < -0.4 is 0 Å². The summed E-state index contributed by atoms with van der Waals surface area (Å²) in [5.74, 6) is 0.750. The van der Waals surface area contributed by atoms with Crippen molar-refractivity contribution in [1.29, 1.82) is 0 Å². The van der Waals surface area contributed by atoms with Crippen LogP contribution in [0.3, 0.4) is 0 Å². The topological polar surface area (TPSA) is 29.6 Å². The van der Waals surface area contributed by atoms with Crippen LogP contribution in [0.15, 0.2) is 173 Å². The second-order valence-corrected chi connectivity index (χ2v) is 14.4.